The Morgan fingerprint density at radius 2 is 2.45 bits per heavy atom. The summed E-state index contributed by atoms with van der Waals surface area (Å²) in [6, 6.07) is 0. The van der Waals surface area contributed by atoms with Crippen LogP contribution in [0.2, 0.25) is 0 Å². The van der Waals surface area contributed by atoms with Crippen molar-refractivity contribution in [3.8, 4) is 5.88 Å². The smallest absolute Gasteiger partial charge is 0.375 e. The Kier molecular flexibility index (Phi) is 2.30. The van der Waals surface area contributed by atoms with E-state index in [0.717, 1.165) is 6.42 Å². The summed E-state index contributed by atoms with van der Waals surface area (Å²) >= 11 is 0. The minimum atomic E-state index is 0.159. The molecular formula is C6H10N2O3. The highest BCUT2D eigenvalue weighted by Crippen LogP contribution is 2.07. The second kappa shape index (κ2) is 3.23. The Balaban J connectivity index is 2.67. The van der Waals surface area contributed by atoms with Gasteiger partial charge in [-0.3, -0.25) is 4.63 Å². The van der Waals surface area contributed by atoms with Crippen LogP contribution in [0.15, 0.2) is 4.63 Å². The maximum Gasteiger partial charge on any atom is 0.375 e. The van der Waals surface area contributed by atoms with Crippen LogP contribution in [0.4, 0.5) is 0 Å². The lowest BCUT2D eigenvalue weighted by Crippen LogP contribution is -2.25. The number of hydrogen-bond acceptors (Lipinski definition) is 4. The van der Waals surface area contributed by atoms with Crippen LogP contribution < -0.4 is 9.64 Å². The van der Waals surface area contributed by atoms with Gasteiger partial charge in [0, 0.05) is 12.1 Å². The normalized spacial score (nSPS) is 10.0. The first-order valence-corrected chi connectivity index (χ1v) is 3.44. The summed E-state index contributed by atoms with van der Waals surface area (Å²) in [6.45, 7) is 4.12. The summed E-state index contributed by atoms with van der Waals surface area (Å²) in [4.78, 5) is 0.269. The first-order valence-electron chi connectivity index (χ1n) is 3.44. The van der Waals surface area contributed by atoms with Crippen molar-refractivity contribution in [2.45, 2.75) is 20.3 Å². The van der Waals surface area contributed by atoms with Gasteiger partial charge in [0.25, 0.3) is 5.69 Å². The Bertz CT molecular complexity index is 214. The van der Waals surface area contributed by atoms with E-state index in [2.05, 4.69) is 9.79 Å². The third-order valence-electron chi connectivity index (χ3n) is 1.17. The molecule has 0 N–H and O–H groups in total. The van der Waals surface area contributed by atoms with E-state index >= 15 is 0 Å². The summed E-state index contributed by atoms with van der Waals surface area (Å²) in [5.41, 5.74) is 0.480. The molecular weight excluding hydrogens is 148 g/mol. The molecule has 0 saturated carbocycles. The summed E-state index contributed by atoms with van der Waals surface area (Å²) in [7, 11) is 0. The highest BCUT2D eigenvalue weighted by Gasteiger charge is 2.14. The molecule has 0 radical (unpaired) electrons. The van der Waals surface area contributed by atoms with Crippen LogP contribution in [0.25, 0.3) is 0 Å². The van der Waals surface area contributed by atoms with E-state index < -0.39 is 0 Å². The standard InChI is InChI=1S/C6H10N2O3/c1-3-4-10-6-5(2)7-11-8(6)9/h3-4H2,1-2H3. The van der Waals surface area contributed by atoms with Gasteiger partial charge in [-0.15, -0.1) is 0 Å². The molecule has 0 aliphatic rings. The number of ether oxygens (including phenoxy) is 1. The molecule has 0 atom stereocenters. The lowest BCUT2D eigenvalue weighted by molar-refractivity contribution is -0.805. The summed E-state index contributed by atoms with van der Waals surface area (Å²) < 4.78 is 9.33. The van der Waals surface area contributed by atoms with Gasteiger partial charge in [-0.1, -0.05) is 6.92 Å². The van der Waals surface area contributed by atoms with E-state index in [1.807, 2.05) is 6.92 Å². The van der Waals surface area contributed by atoms with Crippen LogP contribution in [-0.4, -0.2) is 11.8 Å². The molecule has 1 rings (SSSR count). The average Bonchev–Trinajstić information content (AvgIpc) is 2.29. The first kappa shape index (κ1) is 7.84. The molecule has 0 unspecified atom stereocenters. The molecule has 0 saturated heterocycles. The fraction of sp³-hybridized carbons (Fsp3) is 0.667. The van der Waals surface area contributed by atoms with Crippen molar-refractivity contribution >= 4 is 0 Å². The number of rotatable bonds is 3. The van der Waals surface area contributed by atoms with E-state index in [0.29, 0.717) is 12.3 Å². The monoisotopic (exact) mass is 158 g/mol. The van der Waals surface area contributed by atoms with Gasteiger partial charge in [0.15, 0.2) is 0 Å². The zero-order valence-electron chi connectivity index (χ0n) is 6.53. The third-order valence-corrected chi connectivity index (χ3v) is 1.17. The van der Waals surface area contributed by atoms with Crippen LogP contribution in [-0.2, 0) is 0 Å². The first-order chi connectivity index (χ1) is 5.25. The second-order valence-corrected chi connectivity index (χ2v) is 2.17. The van der Waals surface area contributed by atoms with E-state index in [1.54, 1.807) is 6.92 Å². The van der Waals surface area contributed by atoms with Gasteiger partial charge in [-0.05, 0) is 11.3 Å². The zero-order chi connectivity index (χ0) is 8.27. The lowest BCUT2D eigenvalue weighted by Gasteiger charge is -1.97. The van der Waals surface area contributed by atoms with Crippen molar-refractivity contribution in [1.82, 2.24) is 5.16 Å². The molecule has 5 nitrogen and oxygen atoms in total. The predicted octanol–water partition coefficient (Wildman–Crippen LogP) is 0.405. The quantitative estimate of drug-likeness (QED) is 0.597. The van der Waals surface area contributed by atoms with Gasteiger partial charge in [0.2, 0.25) is 0 Å². The average molecular weight is 158 g/mol. The SMILES string of the molecule is CCCOc1c(C)no[n+]1[O-]. The van der Waals surface area contributed by atoms with Crippen LogP contribution >= 0.6 is 0 Å². The highest BCUT2D eigenvalue weighted by molar-refractivity contribution is 5.06. The van der Waals surface area contributed by atoms with Gasteiger partial charge in [0.1, 0.15) is 0 Å². The maximum atomic E-state index is 10.7. The van der Waals surface area contributed by atoms with E-state index in [4.69, 9.17) is 4.74 Å². The molecule has 0 aromatic carbocycles. The lowest BCUT2D eigenvalue weighted by atomic mass is 10.5. The van der Waals surface area contributed by atoms with Gasteiger partial charge >= 0.3 is 5.88 Å². The topological polar surface area (TPSA) is 62.2 Å². The molecule has 0 spiro atoms. The number of hydrogen-bond donors (Lipinski definition) is 0. The van der Waals surface area contributed by atoms with E-state index in [1.165, 1.54) is 0 Å². The Morgan fingerprint density at radius 3 is 2.91 bits per heavy atom. The zero-order valence-corrected chi connectivity index (χ0v) is 6.53. The number of aryl methyl sites for hydroxylation is 1. The highest BCUT2D eigenvalue weighted by atomic mass is 16.8. The van der Waals surface area contributed by atoms with Crippen molar-refractivity contribution in [3.63, 3.8) is 0 Å². The number of aromatic nitrogens is 2. The van der Waals surface area contributed by atoms with Crippen molar-refractivity contribution in [3.05, 3.63) is 10.9 Å². The molecule has 1 aromatic heterocycles. The molecule has 0 fully saturated rings. The Morgan fingerprint density at radius 1 is 1.73 bits per heavy atom. The molecule has 1 aromatic rings. The minimum absolute atomic E-state index is 0.159. The molecule has 1 heterocycles. The van der Waals surface area contributed by atoms with Crippen LogP contribution in [0.1, 0.15) is 19.0 Å². The predicted molar refractivity (Wildman–Crippen MR) is 36.0 cm³/mol. The van der Waals surface area contributed by atoms with Crippen molar-refractivity contribution in [2.75, 3.05) is 6.61 Å². The van der Waals surface area contributed by atoms with E-state index in [9.17, 15) is 5.21 Å². The van der Waals surface area contributed by atoms with Crippen molar-refractivity contribution < 1.29 is 14.3 Å². The van der Waals surface area contributed by atoms with Crippen molar-refractivity contribution in [2.24, 2.45) is 0 Å². The van der Waals surface area contributed by atoms with Gasteiger partial charge in [-0.25, -0.2) is 0 Å². The van der Waals surface area contributed by atoms with Gasteiger partial charge < -0.3 is 9.94 Å². The Hall–Kier alpha value is -1.26. The van der Waals surface area contributed by atoms with Crippen molar-refractivity contribution in [1.29, 1.82) is 0 Å². The van der Waals surface area contributed by atoms with Gasteiger partial charge in [-0.2, -0.15) is 0 Å². The summed E-state index contributed by atoms with van der Waals surface area (Å²) in [5.74, 6) is 0.159. The van der Waals surface area contributed by atoms with Crippen LogP contribution in [0.5, 0.6) is 5.88 Å². The van der Waals surface area contributed by atoms with Gasteiger partial charge in [0.05, 0.1) is 6.61 Å². The third kappa shape index (κ3) is 1.60. The van der Waals surface area contributed by atoms with Crippen LogP contribution in [0, 0.1) is 12.1 Å². The summed E-state index contributed by atoms with van der Waals surface area (Å²) in [6.07, 6.45) is 0.852. The van der Waals surface area contributed by atoms with Crippen LogP contribution in [0.3, 0.4) is 0 Å². The molecule has 0 aliphatic heterocycles. The molecule has 0 aliphatic carbocycles. The summed E-state index contributed by atoms with van der Waals surface area (Å²) in [5, 5.41) is 14.1. The fourth-order valence-electron chi connectivity index (χ4n) is 0.662. The largest absolute Gasteiger partial charge is 0.457 e. The number of nitrogens with zero attached hydrogens (tertiary/aromatic N) is 2. The molecule has 0 amide bonds. The second-order valence-electron chi connectivity index (χ2n) is 2.17. The van der Waals surface area contributed by atoms with E-state index in [-0.39, 0.29) is 10.8 Å². The fourth-order valence-corrected chi connectivity index (χ4v) is 0.662. The molecule has 62 valence electrons. The minimum Gasteiger partial charge on any atom is -0.457 e. The molecule has 5 heteroatoms. The Labute approximate surface area is 64.1 Å². The molecule has 0 bridgehead atoms. The molecule has 11 heavy (non-hydrogen) atoms. The maximum absolute atomic E-state index is 10.7.